The van der Waals surface area contributed by atoms with E-state index in [-0.39, 0.29) is 11.9 Å². The van der Waals surface area contributed by atoms with Crippen molar-refractivity contribution in [2.45, 2.75) is 58.5 Å². The van der Waals surface area contributed by atoms with Crippen LogP contribution < -0.4 is 5.32 Å². The van der Waals surface area contributed by atoms with Crippen LogP contribution in [-0.2, 0) is 11.2 Å². The smallest absolute Gasteiger partial charge is 0.231 e. The van der Waals surface area contributed by atoms with Gasteiger partial charge in [-0.1, -0.05) is 0 Å². The van der Waals surface area contributed by atoms with Crippen molar-refractivity contribution in [2.75, 3.05) is 5.32 Å². The molecular weight excluding hydrogens is 278 g/mol. The Morgan fingerprint density at radius 2 is 2.23 bits per heavy atom. The van der Waals surface area contributed by atoms with E-state index in [0.717, 1.165) is 24.1 Å². The van der Waals surface area contributed by atoms with Crippen molar-refractivity contribution >= 4 is 11.7 Å². The highest BCUT2D eigenvalue weighted by Gasteiger charge is 2.23. The number of carbonyl (C=O) groups is 1. The van der Waals surface area contributed by atoms with Crippen LogP contribution in [0, 0.1) is 6.92 Å². The summed E-state index contributed by atoms with van der Waals surface area (Å²) < 4.78 is 3.87. The van der Waals surface area contributed by atoms with Crippen LogP contribution in [0.1, 0.15) is 56.5 Å². The summed E-state index contributed by atoms with van der Waals surface area (Å²) in [5.41, 5.74) is 1.96. The normalized spacial score (nSPS) is 15.1. The van der Waals surface area contributed by atoms with Gasteiger partial charge in [0.05, 0.1) is 12.5 Å². The monoisotopic (exact) mass is 301 g/mol. The highest BCUT2D eigenvalue weighted by molar-refractivity contribution is 5.91. The van der Waals surface area contributed by atoms with Crippen molar-refractivity contribution in [3.63, 3.8) is 0 Å². The minimum absolute atomic E-state index is 0.0434. The van der Waals surface area contributed by atoms with Gasteiger partial charge in [0.1, 0.15) is 0 Å². The summed E-state index contributed by atoms with van der Waals surface area (Å²) in [4.78, 5) is 12.3. The molecule has 1 aliphatic carbocycles. The molecule has 118 valence electrons. The Balaban J connectivity index is 1.66. The Bertz CT molecular complexity index is 666. The van der Waals surface area contributed by atoms with E-state index in [1.54, 1.807) is 6.20 Å². The maximum absolute atomic E-state index is 12.3. The first-order valence-electron chi connectivity index (χ1n) is 7.92. The molecule has 1 aliphatic rings. The molecule has 0 saturated heterocycles. The summed E-state index contributed by atoms with van der Waals surface area (Å²) in [5, 5.41) is 11.7. The van der Waals surface area contributed by atoms with Crippen molar-refractivity contribution in [2.24, 2.45) is 0 Å². The number of amides is 1. The summed E-state index contributed by atoms with van der Waals surface area (Å²) >= 11 is 0. The summed E-state index contributed by atoms with van der Waals surface area (Å²) in [6, 6.07) is 2.68. The highest BCUT2D eigenvalue weighted by atomic mass is 16.1. The molecule has 3 rings (SSSR count). The molecule has 1 amide bonds. The van der Waals surface area contributed by atoms with Crippen molar-refractivity contribution in [3.05, 3.63) is 29.7 Å². The quantitative estimate of drug-likeness (QED) is 0.923. The van der Waals surface area contributed by atoms with Crippen molar-refractivity contribution in [1.29, 1.82) is 0 Å². The topological polar surface area (TPSA) is 64.7 Å². The van der Waals surface area contributed by atoms with Gasteiger partial charge in [-0.2, -0.15) is 10.2 Å². The highest BCUT2D eigenvalue weighted by Crippen LogP contribution is 2.31. The van der Waals surface area contributed by atoms with E-state index in [1.807, 2.05) is 28.6 Å². The van der Waals surface area contributed by atoms with Crippen LogP contribution in [0.5, 0.6) is 0 Å². The Morgan fingerprint density at radius 1 is 1.45 bits per heavy atom. The zero-order chi connectivity index (χ0) is 15.7. The van der Waals surface area contributed by atoms with Crippen LogP contribution in [0.25, 0.3) is 0 Å². The first kappa shape index (κ1) is 14.8. The summed E-state index contributed by atoms with van der Waals surface area (Å²) in [6.45, 7) is 6.09. The Labute approximate surface area is 130 Å². The Kier molecular flexibility index (Phi) is 4.00. The average molecular weight is 301 g/mol. The first-order valence-corrected chi connectivity index (χ1v) is 7.92. The van der Waals surface area contributed by atoms with Crippen LogP contribution in [0.15, 0.2) is 18.5 Å². The van der Waals surface area contributed by atoms with Crippen LogP contribution in [0.2, 0.25) is 0 Å². The SMILES string of the molecule is Cc1cn(C(C)C)nc1NC(=O)Cc1ccnn1C1CCC1. The molecule has 0 unspecified atom stereocenters. The molecule has 0 aliphatic heterocycles. The molecule has 1 N–H and O–H groups in total. The van der Waals surface area contributed by atoms with Gasteiger partial charge in [-0.3, -0.25) is 14.2 Å². The molecule has 2 aromatic rings. The van der Waals surface area contributed by atoms with E-state index < -0.39 is 0 Å². The van der Waals surface area contributed by atoms with Gasteiger partial charge in [0.25, 0.3) is 0 Å². The largest absolute Gasteiger partial charge is 0.309 e. The van der Waals surface area contributed by atoms with E-state index in [0.29, 0.717) is 18.3 Å². The second-order valence-corrected chi connectivity index (χ2v) is 6.31. The molecule has 0 aromatic carbocycles. The fraction of sp³-hybridized carbons (Fsp3) is 0.562. The fourth-order valence-electron chi connectivity index (χ4n) is 2.65. The van der Waals surface area contributed by atoms with Crippen LogP contribution in [0.3, 0.4) is 0 Å². The van der Waals surface area contributed by atoms with E-state index in [9.17, 15) is 4.79 Å². The standard InChI is InChI=1S/C16H23N5O/c1-11(2)20-10-12(3)16(19-20)18-15(22)9-14-7-8-17-21(14)13-5-4-6-13/h7-8,10-11,13H,4-6,9H2,1-3H3,(H,18,19,22). The molecule has 2 heterocycles. The predicted octanol–water partition coefficient (Wildman–Crippen LogP) is 2.88. The third-order valence-corrected chi connectivity index (χ3v) is 4.22. The fourth-order valence-corrected chi connectivity index (χ4v) is 2.65. The van der Waals surface area contributed by atoms with Crippen LogP contribution >= 0.6 is 0 Å². The number of rotatable bonds is 5. The number of anilines is 1. The zero-order valence-electron chi connectivity index (χ0n) is 13.4. The van der Waals surface area contributed by atoms with Crippen molar-refractivity contribution in [3.8, 4) is 0 Å². The molecule has 0 radical (unpaired) electrons. The van der Waals surface area contributed by atoms with Gasteiger partial charge < -0.3 is 5.32 Å². The number of hydrogen-bond acceptors (Lipinski definition) is 3. The zero-order valence-corrected chi connectivity index (χ0v) is 13.4. The summed E-state index contributed by atoms with van der Waals surface area (Å²) in [7, 11) is 0. The van der Waals surface area contributed by atoms with E-state index in [1.165, 1.54) is 6.42 Å². The minimum atomic E-state index is -0.0434. The van der Waals surface area contributed by atoms with Gasteiger partial charge in [-0.05, 0) is 46.1 Å². The molecule has 1 saturated carbocycles. The van der Waals surface area contributed by atoms with Gasteiger partial charge >= 0.3 is 0 Å². The lowest BCUT2D eigenvalue weighted by Crippen LogP contribution is -2.23. The molecular formula is C16H23N5O. The average Bonchev–Trinajstić information content (AvgIpc) is 2.96. The first-order chi connectivity index (χ1) is 10.5. The number of nitrogens with one attached hydrogen (secondary N) is 1. The third kappa shape index (κ3) is 2.91. The summed E-state index contributed by atoms with van der Waals surface area (Å²) in [6.07, 6.45) is 7.65. The number of hydrogen-bond donors (Lipinski definition) is 1. The number of aromatic nitrogens is 4. The molecule has 6 nitrogen and oxygen atoms in total. The second kappa shape index (κ2) is 5.94. The third-order valence-electron chi connectivity index (χ3n) is 4.22. The van der Waals surface area contributed by atoms with Gasteiger partial charge in [0, 0.05) is 29.7 Å². The molecule has 6 heteroatoms. The maximum Gasteiger partial charge on any atom is 0.231 e. The Morgan fingerprint density at radius 3 is 2.82 bits per heavy atom. The van der Waals surface area contributed by atoms with Crippen LogP contribution in [0.4, 0.5) is 5.82 Å². The number of nitrogens with zero attached hydrogens (tertiary/aromatic N) is 4. The van der Waals surface area contributed by atoms with Crippen LogP contribution in [-0.4, -0.2) is 25.5 Å². The van der Waals surface area contributed by atoms with Crippen molar-refractivity contribution in [1.82, 2.24) is 19.6 Å². The van der Waals surface area contributed by atoms with Gasteiger partial charge in [0.15, 0.2) is 5.82 Å². The number of aryl methyl sites for hydroxylation is 1. The van der Waals surface area contributed by atoms with E-state index in [4.69, 9.17) is 0 Å². The van der Waals surface area contributed by atoms with E-state index in [2.05, 4.69) is 29.4 Å². The van der Waals surface area contributed by atoms with Gasteiger partial charge in [0.2, 0.25) is 5.91 Å². The lowest BCUT2D eigenvalue weighted by Gasteiger charge is -2.27. The molecule has 0 atom stereocenters. The molecule has 22 heavy (non-hydrogen) atoms. The molecule has 0 bridgehead atoms. The van der Waals surface area contributed by atoms with Crippen molar-refractivity contribution < 1.29 is 4.79 Å². The predicted molar refractivity (Wildman–Crippen MR) is 84.8 cm³/mol. The lowest BCUT2D eigenvalue weighted by atomic mass is 9.93. The maximum atomic E-state index is 12.3. The van der Waals surface area contributed by atoms with E-state index >= 15 is 0 Å². The molecule has 1 fully saturated rings. The summed E-state index contributed by atoms with van der Waals surface area (Å²) in [5.74, 6) is 0.603. The minimum Gasteiger partial charge on any atom is -0.309 e. The second-order valence-electron chi connectivity index (χ2n) is 6.31. The molecule has 2 aromatic heterocycles. The number of carbonyl (C=O) groups excluding carboxylic acids is 1. The van der Waals surface area contributed by atoms with Gasteiger partial charge in [-0.15, -0.1) is 0 Å². The lowest BCUT2D eigenvalue weighted by molar-refractivity contribution is -0.115. The Hall–Kier alpha value is -2.11. The molecule has 0 spiro atoms. The van der Waals surface area contributed by atoms with Gasteiger partial charge in [-0.25, -0.2) is 0 Å².